The third kappa shape index (κ3) is 5.46. The van der Waals surface area contributed by atoms with Crippen LogP contribution in [0.15, 0.2) is 78.3 Å². The molecule has 7 heteroatoms. The fraction of sp³-hybridized carbons (Fsp3) is 0.276. The van der Waals surface area contributed by atoms with E-state index in [4.69, 9.17) is 0 Å². The van der Waals surface area contributed by atoms with E-state index in [-0.39, 0.29) is 24.3 Å². The fourth-order valence-electron chi connectivity index (χ4n) is 4.87. The van der Waals surface area contributed by atoms with Crippen LogP contribution in [0.2, 0.25) is 0 Å². The standard InChI is InChI=1S/C29H28FN3O2S/c30-22-14-12-20(13-15-22)28(29(35)32-23-8-2-1-3-9-23)33(27(34)18-25-10-6-16-36-25)24-17-21-7-4-5-11-26(21)31-19-24/h4-7,10-17,19,23,28H,1-3,8-9,18H2,(H,32,35)/t28-/m0/s1. The Bertz CT molecular complexity index is 1330. The maximum atomic E-state index is 13.9. The number of nitrogens with one attached hydrogen (secondary N) is 1. The van der Waals surface area contributed by atoms with Crippen LogP contribution in [0.3, 0.4) is 0 Å². The molecule has 1 fully saturated rings. The first-order chi connectivity index (χ1) is 17.6. The SMILES string of the molecule is O=C(NC1CCCCC1)[C@H](c1ccc(F)cc1)N(C(=O)Cc1cccs1)c1cnc2ccccc2c1. The molecule has 0 saturated heterocycles. The number of para-hydroxylation sites is 1. The first-order valence-electron chi connectivity index (χ1n) is 12.3. The normalized spacial score (nSPS) is 14.9. The van der Waals surface area contributed by atoms with Crippen molar-refractivity contribution in [2.45, 2.75) is 50.6 Å². The van der Waals surface area contributed by atoms with Gasteiger partial charge in [-0.15, -0.1) is 11.3 Å². The third-order valence-corrected chi connectivity index (χ3v) is 7.55. The Morgan fingerprint density at radius 1 is 1.03 bits per heavy atom. The van der Waals surface area contributed by atoms with Crippen molar-refractivity contribution in [3.05, 3.63) is 94.6 Å². The number of amides is 2. The monoisotopic (exact) mass is 501 g/mol. The average molecular weight is 502 g/mol. The number of nitrogens with zero attached hydrogens (tertiary/aromatic N) is 2. The number of rotatable bonds is 7. The molecule has 1 N–H and O–H groups in total. The molecule has 1 aliphatic rings. The number of hydrogen-bond donors (Lipinski definition) is 1. The van der Waals surface area contributed by atoms with Crippen molar-refractivity contribution in [1.82, 2.24) is 10.3 Å². The molecule has 0 radical (unpaired) electrons. The van der Waals surface area contributed by atoms with E-state index in [1.165, 1.54) is 34.8 Å². The van der Waals surface area contributed by atoms with Crippen LogP contribution in [0, 0.1) is 5.82 Å². The molecule has 1 saturated carbocycles. The van der Waals surface area contributed by atoms with Gasteiger partial charge in [-0.05, 0) is 54.1 Å². The molecule has 5 nitrogen and oxygen atoms in total. The fourth-order valence-corrected chi connectivity index (χ4v) is 5.56. The summed E-state index contributed by atoms with van der Waals surface area (Å²) in [5.41, 5.74) is 1.89. The van der Waals surface area contributed by atoms with Gasteiger partial charge in [-0.25, -0.2) is 4.39 Å². The van der Waals surface area contributed by atoms with Crippen LogP contribution in [0.1, 0.15) is 48.6 Å². The van der Waals surface area contributed by atoms with Crippen molar-refractivity contribution in [2.75, 3.05) is 4.90 Å². The van der Waals surface area contributed by atoms with Gasteiger partial charge in [0.2, 0.25) is 11.8 Å². The second-order valence-corrected chi connectivity index (χ2v) is 10.2. The van der Waals surface area contributed by atoms with E-state index in [1.807, 2.05) is 47.8 Å². The van der Waals surface area contributed by atoms with E-state index >= 15 is 0 Å². The predicted molar refractivity (Wildman–Crippen MR) is 141 cm³/mol. The molecule has 0 unspecified atom stereocenters. The number of aromatic nitrogens is 1. The molecule has 2 heterocycles. The Labute approximate surface area is 214 Å². The maximum absolute atomic E-state index is 13.9. The molecule has 184 valence electrons. The van der Waals surface area contributed by atoms with Crippen molar-refractivity contribution >= 4 is 39.7 Å². The highest BCUT2D eigenvalue weighted by Crippen LogP contribution is 2.31. The summed E-state index contributed by atoms with van der Waals surface area (Å²) in [5, 5.41) is 5.99. The van der Waals surface area contributed by atoms with Crippen molar-refractivity contribution in [2.24, 2.45) is 0 Å². The van der Waals surface area contributed by atoms with Crippen LogP contribution < -0.4 is 10.2 Å². The van der Waals surface area contributed by atoms with Crippen LogP contribution >= 0.6 is 11.3 Å². The maximum Gasteiger partial charge on any atom is 0.248 e. The van der Waals surface area contributed by atoms with Gasteiger partial charge in [-0.1, -0.05) is 55.7 Å². The summed E-state index contributed by atoms with van der Waals surface area (Å²) in [6.07, 6.45) is 6.94. The minimum absolute atomic E-state index is 0.0678. The predicted octanol–water partition coefficient (Wildman–Crippen LogP) is 6.20. The van der Waals surface area contributed by atoms with Crippen LogP contribution in [0.4, 0.5) is 10.1 Å². The Hall–Kier alpha value is -3.58. The number of benzene rings is 2. The van der Waals surface area contributed by atoms with Gasteiger partial charge < -0.3 is 5.32 Å². The lowest BCUT2D eigenvalue weighted by atomic mass is 9.94. The minimum Gasteiger partial charge on any atom is -0.351 e. The number of halogens is 1. The number of carbonyl (C=O) groups is 2. The van der Waals surface area contributed by atoms with E-state index in [0.717, 1.165) is 41.5 Å². The van der Waals surface area contributed by atoms with Crippen molar-refractivity contribution < 1.29 is 14.0 Å². The Morgan fingerprint density at radius 2 is 1.81 bits per heavy atom. The van der Waals surface area contributed by atoms with Crippen LogP contribution in [0.25, 0.3) is 10.9 Å². The van der Waals surface area contributed by atoms with Crippen LogP contribution in [-0.2, 0) is 16.0 Å². The molecule has 0 aliphatic heterocycles. The summed E-state index contributed by atoms with van der Waals surface area (Å²) < 4.78 is 13.8. The molecular formula is C29H28FN3O2S. The molecular weight excluding hydrogens is 473 g/mol. The number of carbonyl (C=O) groups excluding carboxylic acids is 2. The molecule has 1 aliphatic carbocycles. The smallest absolute Gasteiger partial charge is 0.248 e. The Kier molecular flexibility index (Phi) is 7.37. The number of fused-ring (bicyclic) bond motifs is 1. The van der Waals surface area contributed by atoms with Gasteiger partial charge in [0.15, 0.2) is 0 Å². The van der Waals surface area contributed by atoms with Crippen molar-refractivity contribution in [3.63, 3.8) is 0 Å². The van der Waals surface area contributed by atoms with Crippen LogP contribution in [-0.4, -0.2) is 22.8 Å². The van der Waals surface area contributed by atoms with Gasteiger partial charge >= 0.3 is 0 Å². The van der Waals surface area contributed by atoms with E-state index in [9.17, 15) is 14.0 Å². The molecule has 1 atom stereocenters. The van der Waals surface area contributed by atoms with Gasteiger partial charge in [-0.3, -0.25) is 19.5 Å². The first kappa shape index (κ1) is 24.1. The minimum atomic E-state index is -0.956. The second kappa shape index (κ2) is 11.0. The lowest BCUT2D eigenvalue weighted by Gasteiger charge is -2.33. The third-order valence-electron chi connectivity index (χ3n) is 6.67. The van der Waals surface area contributed by atoms with Gasteiger partial charge in [0.1, 0.15) is 11.9 Å². The second-order valence-electron chi connectivity index (χ2n) is 9.20. The molecule has 0 spiro atoms. The van der Waals surface area contributed by atoms with Crippen molar-refractivity contribution in [3.8, 4) is 0 Å². The number of hydrogen-bond acceptors (Lipinski definition) is 4. The first-order valence-corrected chi connectivity index (χ1v) is 13.2. The molecule has 2 aromatic carbocycles. The summed E-state index contributed by atoms with van der Waals surface area (Å²) >= 11 is 1.50. The van der Waals surface area contributed by atoms with E-state index in [2.05, 4.69) is 10.3 Å². The highest BCUT2D eigenvalue weighted by molar-refractivity contribution is 7.10. The summed E-state index contributed by atoms with van der Waals surface area (Å²) in [7, 11) is 0. The van der Waals surface area contributed by atoms with Crippen molar-refractivity contribution in [1.29, 1.82) is 0 Å². The molecule has 0 bridgehead atoms. The average Bonchev–Trinajstić information content (AvgIpc) is 3.41. The summed E-state index contributed by atoms with van der Waals surface area (Å²) in [6, 6.07) is 18.3. The zero-order chi connectivity index (χ0) is 24.9. The molecule has 4 aromatic rings. The zero-order valence-electron chi connectivity index (χ0n) is 19.9. The number of anilines is 1. The van der Waals surface area contributed by atoms with Gasteiger partial charge in [0.25, 0.3) is 0 Å². The molecule has 2 aromatic heterocycles. The highest BCUT2D eigenvalue weighted by Gasteiger charge is 2.34. The highest BCUT2D eigenvalue weighted by atomic mass is 32.1. The molecule has 36 heavy (non-hydrogen) atoms. The quantitative estimate of drug-likeness (QED) is 0.328. The number of pyridine rings is 1. The number of thiophene rings is 1. The van der Waals surface area contributed by atoms with Gasteiger partial charge in [-0.2, -0.15) is 0 Å². The summed E-state index contributed by atoms with van der Waals surface area (Å²) in [4.78, 5) is 34.7. The molecule has 2 amide bonds. The van der Waals surface area contributed by atoms with Crippen LogP contribution in [0.5, 0.6) is 0 Å². The largest absolute Gasteiger partial charge is 0.351 e. The van der Waals surface area contributed by atoms with E-state index < -0.39 is 11.9 Å². The topological polar surface area (TPSA) is 62.3 Å². The Balaban J connectivity index is 1.58. The van der Waals surface area contributed by atoms with E-state index in [1.54, 1.807) is 18.3 Å². The summed E-state index contributed by atoms with van der Waals surface area (Å²) in [6.45, 7) is 0. The molecule has 5 rings (SSSR count). The van der Waals surface area contributed by atoms with Gasteiger partial charge in [0, 0.05) is 16.3 Å². The van der Waals surface area contributed by atoms with Gasteiger partial charge in [0.05, 0.1) is 23.8 Å². The lowest BCUT2D eigenvalue weighted by Crippen LogP contribution is -2.47. The van der Waals surface area contributed by atoms with E-state index in [0.29, 0.717) is 11.3 Å². The summed E-state index contributed by atoms with van der Waals surface area (Å²) in [5.74, 6) is -0.877. The zero-order valence-corrected chi connectivity index (χ0v) is 20.7. The Morgan fingerprint density at radius 3 is 2.56 bits per heavy atom. The lowest BCUT2D eigenvalue weighted by molar-refractivity contribution is -0.127.